The molecule has 2 aromatic carbocycles. The topological polar surface area (TPSA) is 57.5 Å². The van der Waals surface area contributed by atoms with Crippen LogP contribution in [-0.2, 0) is 17.4 Å². The highest BCUT2D eigenvalue weighted by molar-refractivity contribution is 7.52. The van der Waals surface area contributed by atoms with Crippen molar-refractivity contribution in [2.45, 2.75) is 32.3 Å². The largest absolute Gasteiger partial charge is 0.337 e. The van der Waals surface area contributed by atoms with Gasteiger partial charge in [0, 0.05) is 0 Å². The van der Waals surface area contributed by atoms with Crippen molar-refractivity contribution in [3.63, 3.8) is 0 Å². The van der Waals surface area contributed by atoms with Gasteiger partial charge in [0.15, 0.2) is 0 Å². The molecule has 3 rings (SSSR count). The van der Waals surface area contributed by atoms with E-state index in [2.05, 4.69) is 19.9 Å². The van der Waals surface area contributed by atoms with Crippen molar-refractivity contribution in [3.8, 4) is 11.1 Å². The lowest BCUT2D eigenvalue weighted by Crippen LogP contribution is -2.04. The summed E-state index contributed by atoms with van der Waals surface area (Å²) in [7, 11) is -4.25. The Bertz CT molecular complexity index is 746. The third-order valence-electron chi connectivity index (χ3n) is 4.34. The summed E-state index contributed by atoms with van der Waals surface area (Å²) in [6, 6.07) is 11.7. The number of fused-ring (bicyclic) bond motifs is 3. The van der Waals surface area contributed by atoms with E-state index in [4.69, 9.17) is 0 Å². The van der Waals surface area contributed by atoms with Gasteiger partial charge < -0.3 is 9.79 Å². The van der Waals surface area contributed by atoms with E-state index in [1.807, 2.05) is 30.3 Å². The fourth-order valence-corrected chi connectivity index (χ4v) is 4.71. The second-order valence-electron chi connectivity index (χ2n) is 5.45. The summed E-state index contributed by atoms with van der Waals surface area (Å²) < 4.78 is 12.1. The van der Waals surface area contributed by atoms with Gasteiger partial charge in [0.25, 0.3) is 0 Å². The molecule has 0 radical (unpaired) electrons. The lowest BCUT2D eigenvalue weighted by molar-refractivity contribution is 0.365. The molecule has 1 aliphatic rings. The molecule has 0 saturated heterocycles. The van der Waals surface area contributed by atoms with Crippen molar-refractivity contribution < 1.29 is 14.4 Å². The van der Waals surface area contributed by atoms with Crippen molar-refractivity contribution in [2.75, 3.05) is 0 Å². The Hall–Kier alpha value is -1.41. The first-order valence-corrected chi connectivity index (χ1v) is 8.96. The van der Waals surface area contributed by atoms with Gasteiger partial charge in [-0.1, -0.05) is 50.2 Å². The van der Waals surface area contributed by atoms with Crippen LogP contribution in [0.3, 0.4) is 0 Å². The third-order valence-corrected chi connectivity index (χ3v) is 5.55. The molecular formula is C17H19O3P. The fourth-order valence-electron chi connectivity index (χ4n) is 3.49. The SMILES string of the molecule is CCc1ccc2c(c1CC)C(P(=O)(O)O)c1ccccc1-2. The van der Waals surface area contributed by atoms with E-state index in [1.165, 1.54) is 5.56 Å². The molecule has 0 amide bonds. The molecule has 2 aromatic rings. The van der Waals surface area contributed by atoms with Gasteiger partial charge in [0.05, 0.1) is 0 Å². The number of rotatable bonds is 3. The summed E-state index contributed by atoms with van der Waals surface area (Å²) in [6.45, 7) is 4.13. The maximum Gasteiger partial charge on any atom is 0.337 e. The molecule has 0 saturated carbocycles. The monoisotopic (exact) mass is 302 g/mol. The average Bonchev–Trinajstić information content (AvgIpc) is 2.80. The van der Waals surface area contributed by atoms with Crippen LogP contribution in [0.2, 0.25) is 0 Å². The zero-order valence-electron chi connectivity index (χ0n) is 12.2. The second-order valence-corrected chi connectivity index (χ2v) is 7.15. The van der Waals surface area contributed by atoms with Crippen LogP contribution in [0.5, 0.6) is 0 Å². The van der Waals surface area contributed by atoms with Gasteiger partial charge >= 0.3 is 7.60 Å². The van der Waals surface area contributed by atoms with Crippen LogP contribution >= 0.6 is 7.60 Å². The summed E-state index contributed by atoms with van der Waals surface area (Å²) in [6.07, 6.45) is 1.66. The Morgan fingerprint density at radius 3 is 2.33 bits per heavy atom. The Balaban J connectivity index is 2.38. The fraction of sp³-hybridized carbons (Fsp3) is 0.294. The average molecular weight is 302 g/mol. The van der Waals surface area contributed by atoms with Crippen molar-refractivity contribution in [1.29, 1.82) is 0 Å². The first-order valence-electron chi connectivity index (χ1n) is 7.28. The smallest absolute Gasteiger partial charge is 0.324 e. The van der Waals surface area contributed by atoms with Gasteiger partial charge in [0.1, 0.15) is 5.66 Å². The van der Waals surface area contributed by atoms with E-state index in [-0.39, 0.29) is 0 Å². The summed E-state index contributed by atoms with van der Waals surface area (Å²) in [5, 5.41) is 0. The minimum atomic E-state index is -4.25. The predicted molar refractivity (Wildman–Crippen MR) is 84.5 cm³/mol. The molecule has 110 valence electrons. The van der Waals surface area contributed by atoms with E-state index in [0.29, 0.717) is 0 Å². The van der Waals surface area contributed by atoms with Gasteiger partial charge in [-0.3, -0.25) is 4.57 Å². The van der Waals surface area contributed by atoms with E-state index in [9.17, 15) is 14.4 Å². The molecule has 0 heterocycles. The molecule has 0 fully saturated rings. The molecule has 1 aliphatic carbocycles. The number of aryl methyl sites for hydroxylation is 1. The third kappa shape index (κ3) is 2.17. The second kappa shape index (κ2) is 5.10. The zero-order valence-corrected chi connectivity index (χ0v) is 13.1. The number of benzene rings is 2. The van der Waals surface area contributed by atoms with Crippen LogP contribution in [-0.4, -0.2) is 9.79 Å². The highest BCUT2D eigenvalue weighted by atomic mass is 31.2. The molecule has 3 nitrogen and oxygen atoms in total. The Labute approximate surface area is 124 Å². The van der Waals surface area contributed by atoms with Crippen LogP contribution in [0.25, 0.3) is 11.1 Å². The molecule has 0 aliphatic heterocycles. The van der Waals surface area contributed by atoms with E-state index in [0.717, 1.165) is 40.7 Å². The van der Waals surface area contributed by atoms with Crippen molar-refractivity contribution in [2.24, 2.45) is 0 Å². The van der Waals surface area contributed by atoms with E-state index < -0.39 is 13.3 Å². The van der Waals surface area contributed by atoms with Gasteiger partial charge in [0.2, 0.25) is 0 Å². The van der Waals surface area contributed by atoms with Crippen LogP contribution in [0.15, 0.2) is 36.4 Å². The number of hydrogen-bond acceptors (Lipinski definition) is 1. The normalized spacial score (nSPS) is 16.7. The lowest BCUT2D eigenvalue weighted by atomic mass is 9.93. The molecule has 21 heavy (non-hydrogen) atoms. The van der Waals surface area contributed by atoms with Gasteiger partial charge in [-0.05, 0) is 46.2 Å². The van der Waals surface area contributed by atoms with Gasteiger partial charge in [-0.15, -0.1) is 0 Å². The van der Waals surface area contributed by atoms with Crippen molar-refractivity contribution in [3.05, 3.63) is 58.7 Å². The van der Waals surface area contributed by atoms with Gasteiger partial charge in [-0.25, -0.2) is 0 Å². The van der Waals surface area contributed by atoms with Crippen LogP contribution in [0, 0.1) is 0 Å². The van der Waals surface area contributed by atoms with E-state index in [1.54, 1.807) is 0 Å². The quantitative estimate of drug-likeness (QED) is 0.841. The van der Waals surface area contributed by atoms with E-state index >= 15 is 0 Å². The van der Waals surface area contributed by atoms with Gasteiger partial charge in [-0.2, -0.15) is 0 Å². The molecule has 2 N–H and O–H groups in total. The molecule has 0 aromatic heterocycles. The Kier molecular flexibility index (Phi) is 3.53. The van der Waals surface area contributed by atoms with Crippen LogP contribution < -0.4 is 0 Å². The summed E-state index contributed by atoms with van der Waals surface area (Å²) in [5.41, 5.74) is 4.99. The summed E-state index contributed by atoms with van der Waals surface area (Å²) in [5.74, 6) is 0. The predicted octanol–water partition coefficient (Wildman–Crippen LogP) is 4.06. The molecule has 1 atom stereocenters. The maximum absolute atomic E-state index is 12.1. The Morgan fingerprint density at radius 1 is 1.00 bits per heavy atom. The molecular weight excluding hydrogens is 283 g/mol. The Morgan fingerprint density at radius 2 is 1.71 bits per heavy atom. The van der Waals surface area contributed by atoms with Crippen LogP contribution in [0.4, 0.5) is 0 Å². The molecule has 4 heteroatoms. The summed E-state index contributed by atoms with van der Waals surface area (Å²) in [4.78, 5) is 19.8. The summed E-state index contributed by atoms with van der Waals surface area (Å²) >= 11 is 0. The van der Waals surface area contributed by atoms with Crippen LogP contribution in [0.1, 0.15) is 41.8 Å². The number of hydrogen-bond donors (Lipinski definition) is 2. The zero-order chi connectivity index (χ0) is 15.2. The molecule has 1 unspecified atom stereocenters. The standard InChI is InChI=1S/C17H19O3P/c1-3-11-9-10-14-13-7-5-6-8-15(13)17(21(18,19)20)16(14)12(11)4-2/h5-10,17H,3-4H2,1-2H3,(H2,18,19,20). The lowest BCUT2D eigenvalue weighted by Gasteiger charge is -2.20. The minimum Gasteiger partial charge on any atom is -0.324 e. The maximum atomic E-state index is 12.1. The molecule has 0 bridgehead atoms. The highest BCUT2D eigenvalue weighted by Crippen LogP contribution is 2.63. The minimum absolute atomic E-state index is 0.754. The molecule has 0 spiro atoms. The first kappa shape index (κ1) is 14.5. The first-order chi connectivity index (χ1) is 9.99. The van der Waals surface area contributed by atoms with Crippen molar-refractivity contribution in [1.82, 2.24) is 0 Å². The highest BCUT2D eigenvalue weighted by Gasteiger charge is 2.41. The van der Waals surface area contributed by atoms with Crippen molar-refractivity contribution >= 4 is 7.60 Å².